The zero-order valence-corrected chi connectivity index (χ0v) is 22.7. The highest BCUT2D eigenvalue weighted by Crippen LogP contribution is 2.44. The lowest BCUT2D eigenvalue weighted by Gasteiger charge is -2.37. The quantitative estimate of drug-likeness (QED) is 0.390. The Hall–Kier alpha value is -3.25. The minimum Gasteiger partial charge on any atom is -0.444 e. The van der Waals surface area contributed by atoms with Crippen molar-refractivity contribution in [2.24, 2.45) is 0 Å². The van der Waals surface area contributed by atoms with Gasteiger partial charge in [-0.05, 0) is 51.8 Å². The molecule has 2 aromatic heterocycles. The molecule has 3 aromatic rings. The van der Waals surface area contributed by atoms with Crippen molar-refractivity contribution >= 4 is 23.4 Å². The van der Waals surface area contributed by atoms with Gasteiger partial charge in [-0.3, -0.25) is 0 Å². The van der Waals surface area contributed by atoms with Crippen LogP contribution in [-0.4, -0.2) is 55.8 Å². The van der Waals surface area contributed by atoms with Crippen molar-refractivity contribution in [1.82, 2.24) is 19.9 Å². The van der Waals surface area contributed by atoms with E-state index in [-0.39, 0.29) is 31.5 Å². The highest BCUT2D eigenvalue weighted by atomic mass is 32.1. The summed E-state index contributed by atoms with van der Waals surface area (Å²) in [4.78, 5) is 28.2. The number of likely N-dealkylation sites (tertiary alicyclic amines) is 1. The molecule has 2 N–H and O–H groups in total. The molecule has 0 atom stereocenters. The van der Waals surface area contributed by atoms with E-state index < -0.39 is 29.0 Å². The molecule has 2 aliphatic rings. The van der Waals surface area contributed by atoms with E-state index in [4.69, 9.17) is 9.72 Å². The van der Waals surface area contributed by atoms with Crippen molar-refractivity contribution in [2.45, 2.75) is 69.9 Å². The molecule has 0 bridgehead atoms. The average molecular weight is 562 g/mol. The summed E-state index contributed by atoms with van der Waals surface area (Å²) in [7, 11) is 0. The molecular formula is C27H30F3N5O3S. The second-order valence-electron chi connectivity index (χ2n) is 11.0. The van der Waals surface area contributed by atoms with Gasteiger partial charge in [0.05, 0.1) is 21.8 Å². The smallest absolute Gasteiger partial charge is 0.416 e. The maximum Gasteiger partial charge on any atom is 0.416 e. The van der Waals surface area contributed by atoms with E-state index in [1.165, 1.54) is 17.4 Å². The Morgan fingerprint density at radius 2 is 1.87 bits per heavy atom. The van der Waals surface area contributed by atoms with E-state index in [0.717, 1.165) is 25.0 Å². The zero-order valence-electron chi connectivity index (χ0n) is 21.9. The number of carbonyl (C=O) groups is 1. The minimum absolute atomic E-state index is 0.208. The number of carbonyl (C=O) groups excluding carboxylic acids is 1. The van der Waals surface area contributed by atoms with Crippen molar-refractivity contribution in [3.63, 3.8) is 0 Å². The van der Waals surface area contributed by atoms with Crippen LogP contribution >= 0.6 is 11.3 Å². The number of nitrogens with zero attached hydrogens (tertiary/aromatic N) is 4. The summed E-state index contributed by atoms with van der Waals surface area (Å²) in [5.41, 5.74) is -1.71. The van der Waals surface area contributed by atoms with Crippen LogP contribution in [0.15, 0.2) is 36.5 Å². The first-order valence-corrected chi connectivity index (χ1v) is 13.6. The molecule has 8 nitrogen and oxygen atoms in total. The summed E-state index contributed by atoms with van der Waals surface area (Å²) in [6.45, 7) is 5.87. The first-order chi connectivity index (χ1) is 18.3. The Kier molecular flexibility index (Phi) is 7.04. The van der Waals surface area contributed by atoms with Gasteiger partial charge in [-0.1, -0.05) is 12.1 Å². The van der Waals surface area contributed by atoms with E-state index in [0.29, 0.717) is 33.3 Å². The number of aliphatic hydroxyl groups is 1. The third-order valence-corrected chi connectivity index (χ3v) is 7.80. The Morgan fingerprint density at radius 3 is 2.51 bits per heavy atom. The molecule has 0 unspecified atom stereocenters. The number of thiazole rings is 1. The molecule has 1 aliphatic heterocycles. The first-order valence-electron chi connectivity index (χ1n) is 12.8. The minimum atomic E-state index is -4.52. The van der Waals surface area contributed by atoms with Gasteiger partial charge in [-0.25, -0.2) is 19.7 Å². The van der Waals surface area contributed by atoms with E-state index in [1.54, 1.807) is 44.0 Å². The normalized spacial score (nSPS) is 17.7. The molecule has 0 radical (unpaired) electrons. The third kappa shape index (κ3) is 6.33. The number of alkyl halides is 3. The van der Waals surface area contributed by atoms with Crippen molar-refractivity contribution < 1.29 is 27.8 Å². The fourth-order valence-corrected chi connectivity index (χ4v) is 5.50. The predicted octanol–water partition coefficient (Wildman–Crippen LogP) is 6.08. The first kappa shape index (κ1) is 27.3. The van der Waals surface area contributed by atoms with Crippen molar-refractivity contribution in [3.05, 3.63) is 47.1 Å². The van der Waals surface area contributed by atoms with Gasteiger partial charge in [0.1, 0.15) is 16.2 Å². The van der Waals surface area contributed by atoms with Gasteiger partial charge < -0.3 is 20.1 Å². The molecule has 0 spiro atoms. The number of nitrogens with one attached hydrogen (secondary N) is 1. The predicted molar refractivity (Wildman–Crippen MR) is 141 cm³/mol. The van der Waals surface area contributed by atoms with Crippen LogP contribution in [0.1, 0.15) is 57.0 Å². The number of ether oxygens (including phenoxy) is 1. The van der Waals surface area contributed by atoms with Crippen LogP contribution in [0.4, 0.5) is 23.9 Å². The van der Waals surface area contributed by atoms with Gasteiger partial charge >= 0.3 is 12.3 Å². The molecule has 1 aliphatic carbocycles. The van der Waals surface area contributed by atoms with Crippen LogP contribution < -0.4 is 5.32 Å². The molecular weight excluding hydrogens is 531 g/mol. The fourth-order valence-electron chi connectivity index (χ4n) is 4.30. The van der Waals surface area contributed by atoms with Crippen molar-refractivity contribution in [2.75, 3.05) is 18.4 Å². The summed E-state index contributed by atoms with van der Waals surface area (Å²) >= 11 is 1.19. The van der Waals surface area contributed by atoms with Crippen LogP contribution in [0.2, 0.25) is 0 Å². The monoisotopic (exact) mass is 561 g/mol. The van der Waals surface area contributed by atoms with Crippen molar-refractivity contribution in [1.29, 1.82) is 0 Å². The SMILES string of the molecule is CC(C)(C)OC(=O)N1CCC(O)(c2nc(-c3cccc(C(F)(F)F)c3)c(-c3ccnc(NC4CC4)n3)s2)CC1. The maximum absolute atomic E-state index is 13.5. The molecule has 208 valence electrons. The third-order valence-electron chi connectivity index (χ3n) is 6.53. The summed E-state index contributed by atoms with van der Waals surface area (Å²) in [5.74, 6) is 0.435. The van der Waals surface area contributed by atoms with Crippen LogP contribution in [-0.2, 0) is 16.5 Å². The molecule has 39 heavy (non-hydrogen) atoms. The lowest BCUT2D eigenvalue weighted by molar-refractivity contribution is -0.137. The van der Waals surface area contributed by atoms with Gasteiger partial charge in [0.15, 0.2) is 0 Å². The molecule has 3 heterocycles. The van der Waals surface area contributed by atoms with Crippen LogP contribution in [0.5, 0.6) is 0 Å². The van der Waals surface area contributed by atoms with Gasteiger partial charge in [-0.2, -0.15) is 13.2 Å². The van der Waals surface area contributed by atoms with Crippen LogP contribution in [0.25, 0.3) is 21.8 Å². The number of piperidine rings is 1. The fraction of sp³-hybridized carbons (Fsp3) is 0.481. The van der Waals surface area contributed by atoms with Crippen LogP contribution in [0.3, 0.4) is 0 Å². The number of amides is 1. The zero-order chi connectivity index (χ0) is 28.0. The van der Waals surface area contributed by atoms with E-state index >= 15 is 0 Å². The Bertz CT molecular complexity index is 1360. The molecule has 1 saturated heterocycles. The second kappa shape index (κ2) is 10.1. The number of aromatic nitrogens is 3. The largest absolute Gasteiger partial charge is 0.444 e. The van der Waals surface area contributed by atoms with Gasteiger partial charge in [0.2, 0.25) is 5.95 Å². The summed E-state index contributed by atoms with van der Waals surface area (Å²) < 4.78 is 46.0. The number of benzene rings is 1. The lowest BCUT2D eigenvalue weighted by Crippen LogP contribution is -2.46. The van der Waals surface area contributed by atoms with Crippen LogP contribution in [0, 0.1) is 0 Å². The van der Waals surface area contributed by atoms with E-state index in [1.807, 2.05) is 0 Å². The molecule has 1 amide bonds. The summed E-state index contributed by atoms with van der Waals surface area (Å²) in [6.07, 6.45) is -0.902. The molecule has 12 heteroatoms. The molecule has 1 aromatic carbocycles. The second-order valence-corrected chi connectivity index (χ2v) is 12.0. The van der Waals surface area contributed by atoms with Gasteiger partial charge in [0, 0.05) is 43.7 Å². The summed E-state index contributed by atoms with van der Waals surface area (Å²) in [6, 6.07) is 6.98. The van der Waals surface area contributed by atoms with E-state index in [2.05, 4.69) is 15.3 Å². The number of hydrogen-bond acceptors (Lipinski definition) is 8. The standard InChI is InChI=1S/C27H30F3N5O3S/c1-25(2,3)38-24(36)35-13-10-26(37,11-14-35)22-34-20(16-5-4-6-17(15-16)27(28,29)30)21(39-22)19-9-12-31-23(33-19)32-18-7-8-18/h4-6,9,12,15,18,37H,7-8,10-11,13-14H2,1-3H3,(H,31,32,33). The molecule has 5 rings (SSSR count). The Balaban J connectivity index is 1.49. The average Bonchev–Trinajstić information content (AvgIpc) is 3.56. The number of hydrogen-bond donors (Lipinski definition) is 2. The summed E-state index contributed by atoms with van der Waals surface area (Å²) in [5, 5.41) is 15.2. The van der Waals surface area contributed by atoms with Crippen molar-refractivity contribution in [3.8, 4) is 21.8 Å². The van der Waals surface area contributed by atoms with Gasteiger partial charge in [0.25, 0.3) is 0 Å². The molecule has 1 saturated carbocycles. The number of rotatable bonds is 5. The molecule has 2 fully saturated rings. The number of anilines is 1. The Morgan fingerprint density at radius 1 is 1.15 bits per heavy atom. The topological polar surface area (TPSA) is 100 Å². The highest BCUT2D eigenvalue weighted by molar-refractivity contribution is 7.15. The lowest BCUT2D eigenvalue weighted by atomic mass is 9.92. The van der Waals surface area contributed by atoms with E-state index in [9.17, 15) is 23.1 Å². The maximum atomic E-state index is 13.5. The highest BCUT2D eigenvalue weighted by Gasteiger charge is 2.40. The number of halogens is 3. The Labute approximate surface area is 228 Å². The van der Waals surface area contributed by atoms with Gasteiger partial charge in [-0.15, -0.1) is 11.3 Å².